The van der Waals surface area contributed by atoms with Gasteiger partial charge in [-0.3, -0.25) is 9.59 Å². The van der Waals surface area contributed by atoms with Gasteiger partial charge < -0.3 is 10.2 Å². The maximum atomic E-state index is 12.7. The fourth-order valence-corrected chi connectivity index (χ4v) is 5.43. The van der Waals surface area contributed by atoms with Crippen molar-refractivity contribution in [2.75, 3.05) is 13.1 Å². The Labute approximate surface area is 164 Å². The summed E-state index contributed by atoms with van der Waals surface area (Å²) in [5.41, 5.74) is 0. The summed E-state index contributed by atoms with van der Waals surface area (Å²) in [6.45, 7) is 2.01. The Morgan fingerprint density at radius 1 is 1.15 bits per heavy atom. The number of benzene rings is 1. The van der Waals surface area contributed by atoms with E-state index in [0.29, 0.717) is 31.8 Å². The smallest absolute Gasteiger partial charge is 0.225 e. The highest BCUT2D eigenvalue weighted by Gasteiger charge is 2.31. The van der Waals surface area contributed by atoms with Crippen LogP contribution in [0.15, 0.2) is 30.3 Å². The first kappa shape index (κ1) is 18.5. The highest BCUT2D eigenvalue weighted by atomic mass is 32.1. The molecule has 144 valence electrons. The molecule has 1 unspecified atom stereocenters. The number of hydrogen-bond donors (Lipinski definition) is 1. The molecule has 0 radical (unpaired) electrons. The molecule has 5 heteroatoms. The van der Waals surface area contributed by atoms with Gasteiger partial charge >= 0.3 is 0 Å². The summed E-state index contributed by atoms with van der Waals surface area (Å²) in [6, 6.07) is 10.5. The Morgan fingerprint density at radius 3 is 2.78 bits per heavy atom. The highest BCUT2D eigenvalue weighted by molar-refractivity contribution is 7.19. The van der Waals surface area contributed by atoms with Crippen molar-refractivity contribution in [3.05, 3.63) is 35.2 Å². The Morgan fingerprint density at radius 2 is 1.96 bits per heavy atom. The SMILES string of the molecule is O=C(NCc1cc2ccccc2s1)C1CCC(=O)N(CC2CCCCC2)C1. The molecule has 0 bridgehead atoms. The quantitative estimate of drug-likeness (QED) is 0.834. The minimum Gasteiger partial charge on any atom is -0.351 e. The topological polar surface area (TPSA) is 49.4 Å². The average molecular weight is 385 g/mol. The molecule has 1 saturated heterocycles. The lowest BCUT2D eigenvalue weighted by atomic mass is 9.87. The minimum atomic E-state index is -0.0688. The Hall–Kier alpha value is -1.88. The van der Waals surface area contributed by atoms with Gasteiger partial charge in [0.1, 0.15) is 0 Å². The Balaban J connectivity index is 1.31. The molecular weight excluding hydrogens is 356 g/mol. The number of rotatable bonds is 5. The lowest BCUT2D eigenvalue weighted by Gasteiger charge is -2.35. The van der Waals surface area contributed by atoms with Gasteiger partial charge in [0.2, 0.25) is 11.8 Å². The highest BCUT2D eigenvalue weighted by Crippen LogP contribution is 2.28. The van der Waals surface area contributed by atoms with Crippen LogP contribution in [0.1, 0.15) is 49.8 Å². The fourth-order valence-electron chi connectivity index (χ4n) is 4.43. The number of nitrogens with one attached hydrogen (secondary N) is 1. The summed E-state index contributed by atoms with van der Waals surface area (Å²) in [4.78, 5) is 28.1. The second-order valence-corrected chi connectivity index (χ2v) is 9.18. The molecule has 1 N–H and O–H groups in total. The van der Waals surface area contributed by atoms with E-state index in [-0.39, 0.29) is 17.7 Å². The lowest BCUT2D eigenvalue weighted by Crippen LogP contribution is -2.47. The minimum absolute atomic E-state index is 0.0688. The third kappa shape index (κ3) is 4.52. The molecule has 1 aliphatic heterocycles. The number of piperidine rings is 1. The van der Waals surface area contributed by atoms with Gasteiger partial charge in [-0.05, 0) is 42.7 Å². The van der Waals surface area contributed by atoms with E-state index >= 15 is 0 Å². The molecule has 4 rings (SSSR count). The van der Waals surface area contributed by atoms with Crippen molar-refractivity contribution < 1.29 is 9.59 Å². The van der Waals surface area contributed by atoms with Crippen molar-refractivity contribution in [2.45, 2.75) is 51.5 Å². The van der Waals surface area contributed by atoms with Crippen molar-refractivity contribution >= 4 is 33.2 Å². The zero-order valence-electron chi connectivity index (χ0n) is 15.8. The first-order chi connectivity index (χ1) is 13.2. The number of thiophene rings is 1. The molecule has 1 aromatic heterocycles. The van der Waals surface area contributed by atoms with Crippen LogP contribution in [0.2, 0.25) is 0 Å². The number of nitrogens with zero attached hydrogens (tertiary/aromatic N) is 1. The van der Waals surface area contributed by atoms with Crippen LogP contribution >= 0.6 is 11.3 Å². The second-order valence-electron chi connectivity index (χ2n) is 8.01. The van der Waals surface area contributed by atoms with Gasteiger partial charge in [0.25, 0.3) is 0 Å². The molecule has 0 spiro atoms. The van der Waals surface area contributed by atoms with Crippen molar-refractivity contribution in [1.82, 2.24) is 10.2 Å². The normalized spacial score (nSPS) is 21.6. The van der Waals surface area contributed by atoms with Gasteiger partial charge in [-0.15, -0.1) is 11.3 Å². The largest absolute Gasteiger partial charge is 0.351 e. The summed E-state index contributed by atoms with van der Waals surface area (Å²) in [5, 5.41) is 4.33. The number of carbonyl (C=O) groups is 2. The molecule has 2 aromatic rings. The van der Waals surface area contributed by atoms with Gasteiger partial charge in [0.05, 0.1) is 12.5 Å². The van der Waals surface area contributed by atoms with Crippen molar-refractivity contribution in [3.8, 4) is 0 Å². The van der Waals surface area contributed by atoms with Crippen LogP contribution in [0.25, 0.3) is 10.1 Å². The van der Waals surface area contributed by atoms with E-state index < -0.39 is 0 Å². The van der Waals surface area contributed by atoms with E-state index in [1.807, 2.05) is 17.0 Å². The third-order valence-electron chi connectivity index (χ3n) is 5.99. The summed E-state index contributed by atoms with van der Waals surface area (Å²) < 4.78 is 1.25. The molecule has 1 atom stereocenters. The molecule has 2 heterocycles. The zero-order chi connectivity index (χ0) is 18.6. The first-order valence-corrected chi connectivity index (χ1v) is 11.0. The van der Waals surface area contributed by atoms with E-state index in [4.69, 9.17) is 0 Å². The van der Waals surface area contributed by atoms with Gasteiger partial charge in [0, 0.05) is 29.1 Å². The van der Waals surface area contributed by atoms with Crippen LogP contribution in [0.5, 0.6) is 0 Å². The van der Waals surface area contributed by atoms with Gasteiger partial charge in [-0.1, -0.05) is 37.5 Å². The number of carbonyl (C=O) groups excluding carboxylic acids is 2. The fraction of sp³-hybridized carbons (Fsp3) is 0.545. The second kappa shape index (κ2) is 8.42. The third-order valence-corrected chi connectivity index (χ3v) is 7.10. The summed E-state index contributed by atoms with van der Waals surface area (Å²) in [5.74, 6) is 0.881. The predicted octanol–water partition coefficient (Wildman–Crippen LogP) is 4.34. The number of fused-ring (bicyclic) bond motifs is 1. The van der Waals surface area contributed by atoms with Crippen LogP contribution in [-0.4, -0.2) is 29.8 Å². The summed E-state index contributed by atoms with van der Waals surface area (Å²) >= 11 is 1.73. The van der Waals surface area contributed by atoms with Crippen LogP contribution in [-0.2, 0) is 16.1 Å². The molecular formula is C22H28N2O2S. The molecule has 4 nitrogen and oxygen atoms in total. The van der Waals surface area contributed by atoms with E-state index in [9.17, 15) is 9.59 Å². The molecule has 1 saturated carbocycles. The molecule has 2 amide bonds. The number of amides is 2. The van der Waals surface area contributed by atoms with Crippen LogP contribution in [0, 0.1) is 11.8 Å². The maximum absolute atomic E-state index is 12.7. The number of hydrogen-bond acceptors (Lipinski definition) is 3. The summed E-state index contributed by atoms with van der Waals surface area (Å²) in [7, 11) is 0. The monoisotopic (exact) mass is 384 g/mol. The van der Waals surface area contributed by atoms with Crippen molar-refractivity contribution in [1.29, 1.82) is 0 Å². The van der Waals surface area contributed by atoms with Crippen LogP contribution < -0.4 is 5.32 Å². The zero-order valence-corrected chi connectivity index (χ0v) is 16.6. The number of likely N-dealkylation sites (tertiary alicyclic amines) is 1. The standard InChI is InChI=1S/C22H28N2O2S/c25-21-11-10-18(15-24(21)14-16-6-2-1-3-7-16)22(26)23-13-19-12-17-8-4-5-9-20(17)27-19/h4-5,8-9,12,16,18H,1-3,6-7,10-11,13-15H2,(H,23,26). The Kier molecular flexibility index (Phi) is 5.77. The van der Waals surface area contributed by atoms with E-state index in [0.717, 1.165) is 6.54 Å². The van der Waals surface area contributed by atoms with Crippen molar-refractivity contribution in [2.24, 2.45) is 11.8 Å². The van der Waals surface area contributed by atoms with Crippen LogP contribution in [0.3, 0.4) is 0 Å². The molecule has 1 aliphatic carbocycles. The predicted molar refractivity (Wildman–Crippen MR) is 110 cm³/mol. The van der Waals surface area contributed by atoms with Gasteiger partial charge in [0.15, 0.2) is 0 Å². The lowest BCUT2D eigenvalue weighted by molar-refractivity contribution is -0.139. The molecule has 2 aliphatic rings. The maximum Gasteiger partial charge on any atom is 0.225 e. The first-order valence-electron chi connectivity index (χ1n) is 10.2. The van der Waals surface area contributed by atoms with E-state index in [1.165, 1.54) is 47.1 Å². The Bertz CT molecular complexity index is 777. The van der Waals surface area contributed by atoms with Gasteiger partial charge in [-0.2, -0.15) is 0 Å². The van der Waals surface area contributed by atoms with E-state index in [1.54, 1.807) is 11.3 Å². The molecule has 27 heavy (non-hydrogen) atoms. The summed E-state index contributed by atoms with van der Waals surface area (Å²) in [6.07, 6.45) is 7.54. The molecule has 2 fully saturated rings. The molecule has 1 aromatic carbocycles. The van der Waals surface area contributed by atoms with Crippen molar-refractivity contribution in [3.63, 3.8) is 0 Å². The average Bonchev–Trinajstić information content (AvgIpc) is 3.11. The van der Waals surface area contributed by atoms with E-state index in [2.05, 4.69) is 23.5 Å². The van der Waals surface area contributed by atoms with Crippen LogP contribution in [0.4, 0.5) is 0 Å². The van der Waals surface area contributed by atoms with Gasteiger partial charge in [-0.25, -0.2) is 0 Å².